The topological polar surface area (TPSA) is 91.1 Å². The molecular formula is C23H31F3N4O4. The Balaban J connectivity index is 1.42. The molecule has 188 valence electrons. The number of carbonyl (C=O) groups excluding carboxylic acids is 1. The summed E-state index contributed by atoms with van der Waals surface area (Å²) in [6.07, 6.45) is -3.63. The molecule has 0 bridgehead atoms. The first-order chi connectivity index (χ1) is 16.1. The lowest BCUT2D eigenvalue weighted by Crippen LogP contribution is -2.48. The molecule has 1 atom stereocenters. The highest BCUT2D eigenvalue weighted by Crippen LogP contribution is 2.29. The third-order valence-electron chi connectivity index (χ3n) is 5.41. The molecule has 1 aliphatic rings. The van der Waals surface area contributed by atoms with Crippen LogP contribution in [0.15, 0.2) is 34.9 Å². The van der Waals surface area contributed by atoms with Crippen molar-refractivity contribution in [2.45, 2.75) is 45.3 Å². The molecule has 1 aliphatic heterocycles. The van der Waals surface area contributed by atoms with Crippen LogP contribution < -0.4 is 5.32 Å². The molecule has 0 saturated carbocycles. The average Bonchev–Trinajstić information content (AvgIpc) is 3.25. The quantitative estimate of drug-likeness (QED) is 0.536. The van der Waals surface area contributed by atoms with Gasteiger partial charge in [0, 0.05) is 39.3 Å². The summed E-state index contributed by atoms with van der Waals surface area (Å²) in [6.45, 7) is 8.19. The van der Waals surface area contributed by atoms with Gasteiger partial charge in [-0.25, -0.2) is 4.98 Å². The van der Waals surface area contributed by atoms with E-state index in [9.17, 15) is 23.1 Å². The monoisotopic (exact) mass is 484 g/mol. The fraction of sp³-hybridized carbons (Fsp3) is 0.565. The first-order valence-corrected chi connectivity index (χ1v) is 11.2. The minimum Gasteiger partial charge on any atom is -0.447 e. The van der Waals surface area contributed by atoms with Crippen molar-refractivity contribution in [2.24, 2.45) is 0 Å². The number of aromatic nitrogens is 1. The van der Waals surface area contributed by atoms with Crippen LogP contribution in [-0.2, 0) is 24.0 Å². The lowest BCUT2D eigenvalue weighted by Gasteiger charge is -2.35. The van der Waals surface area contributed by atoms with Gasteiger partial charge < -0.3 is 19.6 Å². The number of β-amino-alcohol motifs (C(OH)–C–C–N with tert-alkyl or cyclic N) is 1. The number of aliphatic hydroxyl groups excluding tert-OH is 1. The molecule has 1 fully saturated rings. The van der Waals surface area contributed by atoms with Crippen LogP contribution in [0, 0.1) is 0 Å². The summed E-state index contributed by atoms with van der Waals surface area (Å²) in [7, 11) is 0. The summed E-state index contributed by atoms with van der Waals surface area (Å²) in [5, 5.41) is 12.6. The summed E-state index contributed by atoms with van der Waals surface area (Å²) >= 11 is 0. The van der Waals surface area contributed by atoms with Gasteiger partial charge in [0.2, 0.25) is 5.89 Å². The van der Waals surface area contributed by atoms with Gasteiger partial charge >= 0.3 is 6.18 Å². The number of carbonyl (C=O) groups is 1. The molecule has 1 aromatic carbocycles. The SMILES string of the molecule is CC(C)OC[C@H](O)CN1CCN(Cc2nc(C(=O)NCc3cccc(C(F)(F)F)c3)co2)CC1. The van der Waals surface area contributed by atoms with Crippen LogP contribution >= 0.6 is 0 Å². The molecule has 2 aromatic rings. The molecule has 0 spiro atoms. The van der Waals surface area contributed by atoms with Crippen LogP contribution in [0.1, 0.15) is 41.4 Å². The zero-order chi connectivity index (χ0) is 24.7. The average molecular weight is 485 g/mol. The number of ether oxygens (including phenoxy) is 1. The van der Waals surface area contributed by atoms with Crippen LogP contribution in [0.25, 0.3) is 0 Å². The Morgan fingerprint density at radius 3 is 2.62 bits per heavy atom. The molecule has 0 radical (unpaired) electrons. The van der Waals surface area contributed by atoms with E-state index in [0.717, 1.165) is 38.3 Å². The third kappa shape index (κ3) is 8.08. The first-order valence-electron chi connectivity index (χ1n) is 11.2. The van der Waals surface area contributed by atoms with Gasteiger partial charge in [-0.1, -0.05) is 12.1 Å². The summed E-state index contributed by atoms with van der Waals surface area (Å²) in [6, 6.07) is 4.81. The van der Waals surface area contributed by atoms with Crippen molar-refractivity contribution in [3.63, 3.8) is 0 Å². The highest BCUT2D eigenvalue weighted by molar-refractivity contribution is 5.91. The summed E-state index contributed by atoms with van der Waals surface area (Å²) < 4.78 is 49.3. The van der Waals surface area contributed by atoms with Crippen LogP contribution in [0.5, 0.6) is 0 Å². The van der Waals surface area contributed by atoms with Crippen molar-refractivity contribution in [1.29, 1.82) is 0 Å². The number of alkyl halides is 3. The van der Waals surface area contributed by atoms with Crippen LogP contribution in [0.2, 0.25) is 0 Å². The van der Waals surface area contributed by atoms with Crippen LogP contribution in [0.3, 0.4) is 0 Å². The van der Waals surface area contributed by atoms with Crippen LogP contribution in [0.4, 0.5) is 13.2 Å². The largest absolute Gasteiger partial charge is 0.447 e. The Hall–Kier alpha value is -2.47. The van der Waals surface area contributed by atoms with Crippen molar-refractivity contribution < 1.29 is 32.2 Å². The molecule has 2 N–H and O–H groups in total. The van der Waals surface area contributed by atoms with Gasteiger partial charge in [0.05, 0.1) is 30.9 Å². The highest BCUT2D eigenvalue weighted by Gasteiger charge is 2.30. The number of halogens is 3. The lowest BCUT2D eigenvalue weighted by atomic mass is 10.1. The molecule has 11 heteroatoms. The zero-order valence-electron chi connectivity index (χ0n) is 19.3. The maximum Gasteiger partial charge on any atom is 0.416 e. The number of benzene rings is 1. The zero-order valence-corrected chi connectivity index (χ0v) is 19.3. The minimum absolute atomic E-state index is 0.0546. The summed E-state index contributed by atoms with van der Waals surface area (Å²) in [4.78, 5) is 20.9. The number of hydrogen-bond donors (Lipinski definition) is 2. The molecular weight excluding hydrogens is 453 g/mol. The Bertz CT molecular complexity index is 927. The lowest BCUT2D eigenvalue weighted by molar-refractivity contribution is -0.137. The van der Waals surface area contributed by atoms with E-state index in [4.69, 9.17) is 9.15 Å². The maximum absolute atomic E-state index is 12.8. The van der Waals surface area contributed by atoms with Gasteiger partial charge in [-0.3, -0.25) is 14.6 Å². The van der Waals surface area contributed by atoms with E-state index in [1.54, 1.807) is 0 Å². The highest BCUT2D eigenvalue weighted by atomic mass is 19.4. The Morgan fingerprint density at radius 2 is 1.94 bits per heavy atom. The van der Waals surface area contributed by atoms with Gasteiger partial charge in [0.25, 0.3) is 5.91 Å². The van der Waals surface area contributed by atoms with Gasteiger partial charge in [-0.2, -0.15) is 13.2 Å². The first kappa shape index (κ1) is 26.1. The van der Waals surface area contributed by atoms with Crippen molar-refractivity contribution in [2.75, 3.05) is 39.3 Å². The van der Waals surface area contributed by atoms with Gasteiger partial charge in [-0.05, 0) is 31.5 Å². The normalized spacial score (nSPS) is 16.7. The molecule has 2 heterocycles. The fourth-order valence-electron chi connectivity index (χ4n) is 3.59. The van der Waals surface area contributed by atoms with E-state index < -0.39 is 23.8 Å². The number of amides is 1. The number of hydrogen-bond acceptors (Lipinski definition) is 7. The number of rotatable bonds is 10. The molecule has 3 rings (SSSR count). The summed E-state index contributed by atoms with van der Waals surface area (Å²) in [5.74, 6) is -0.127. The second kappa shape index (κ2) is 11.8. The maximum atomic E-state index is 12.8. The van der Waals surface area contributed by atoms with E-state index in [2.05, 4.69) is 20.1 Å². The molecule has 1 aromatic heterocycles. The number of nitrogens with zero attached hydrogens (tertiary/aromatic N) is 3. The molecule has 34 heavy (non-hydrogen) atoms. The Kier molecular flexibility index (Phi) is 9.06. The van der Waals surface area contributed by atoms with Crippen molar-refractivity contribution in [3.8, 4) is 0 Å². The van der Waals surface area contributed by atoms with Crippen LogP contribution in [-0.4, -0.2) is 77.3 Å². The van der Waals surface area contributed by atoms with E-state index >= 15 is 0 Å². The second-order valence-electron chi connectivity index (χ2n) is 8.62. The number of nitrogens with one attached hydrogen (secondary N) is 1. The Labute approximate surface area is 196 Å². The van der Waals surface area contributed by atoms with E-state index in [1.165, 1.54) is 18.4 Å². The predicted molar refractivity (Wildman–Crippen MR) is 118 cm³/mol. The molecule has 0 aliphatic carbocycles. The Morgan fingerprint density at radius 1 is 1.24 bits per heavy atom. The number of piperazine rings is 1. The van der Waals surface area contributed by atoms with E-state index in [0.29, 0.717) is 31.2 Å². The second-order valence-corrected chi connectivity index (χ2v) is 8.62. The van der Waals surface area contributed by atoms with Crippen molar-refractivity contribution >= 4 is 5.91 Å². The fourth-order valence-corrected chi connectivity index (χ4v) is 3.59. The van der Waals surface area contributed by atoms with Gasteiger partial charge in [0.1, 0.15) is 6.26 Å². The summed E-state index contributed by atoms with van der Waals surface area (Å²) in [5.41, 5.74) is -0.346. The minimum atomic E-state index is -4.44. The van der Waals surface area contributed by atoms with E-state index in [1.807, 2.05) is 13.8 Å². The number of aliphatic hydroxyl groups is 1. The molecule has 1 amide bonds. The number of oxazole rings is 1. The van der Waals surface area contributed by atoms with Gasteiger partial charge in [0.15, 0.2) is 5.69 Å². The van der Waals surface area contributed by atoms with Gasteiger partial charge in [-0.15, -0.1) is 0 Å². The smallest absolute Gasteiger partial charge is 0.416 e. The third-order valence-corrected chi connectivity index (χ3v) is 5.41. The molecule has 8 nitrogen and oxygen atoms in total. The van der Waals surface area contributed by atoms with E-state index in [-0.39, 0.29) is 18.3 Å². The molecule has 0 unspecified atom stereocenters. The standard InChI is InChI=1S/C23H31F3N4O4/c1-16(2)33-14-19(31)12-29-6-8-30(9-7-29)13-21-28-20(15-34-21)22(32)27-11-17-4-3-5-18(10-17)23(24,25)26/h3-5,10,15-16,19,31H,6-9,11-14H2,1-2H3,(H,27,32)/t19-/m1/s1. The van der Waals surface area contributed by atoms with Crippen molar-refractivity contribution in [3.05, 3.63) is 53.2 Å². The predicted octanol–water partition coefficient (Wildman–Crippen LogP) is 2.53. The van der Waals surface area contributed by atoms with Crippen molar-refractivity contribution in [1.82, 2.24) is 20.1 Å². The molecule has 1 saturated heterocycles.